The number of benzene rings is 9. The monoisotopic (exact) mass is 627 g/mol. The van der Waals surface area contributed by atoms with E-state index < -0.39 is 0 Å². The van der Waals surface area contributed by atoms with Crippen molar-refractivity contribution in [3.63, 3.8) is 0 Å². The molecule has 0 aliphatic carbocycles. The molecule has 0 saturated heterocycles. The highest BCUT2D eigenvalue weighted by Crippen LogP contribution is 2.46. The summed E-state index contributed by atoms with van der Waals surface area (Å²) in [5.41, 5.74) is 5.85. The first-order valence-corrected chi connectivity index (χ1v) is 17.2. The molecule has 0 N–H and O–H groups in total. The molecular formula is C46H29NS. The maximum absolute atomic E-state index is 2.47. The predicted molar refractivity (Wildman–Crippen MR) is 209 cm³/mol. The zero-order valence-corrected chi connectivity index (χ0v) is 26.9. The minimum absolute atomic E-state index is 1.13. The summed E-state index contributed by atoms with van der Waals surface area (Å²) >= 11 is 1.88. The minimum atomic E-state index is 1.13. The second kappa shape index (κ2) is 10.8. The van der Waals surface area contributed by atoms with E-state index in [-0.39, 0.29) is 0 Å². The molecule has 10 rings (SSSR count). The number of hydrogen-bond donors (Lipinski definition) is 0. The van der Waals surface area contributed by atoms with E-state index in [0.717, 1.165) is 11.4 Å². The van der Waals surface area contributed by atoms with Gasteiger partial charge in [-0.05, 0) is 97.4 Å². The van der Waals surface area contributed by atoms with Crippen molar-refractivity contribution in [3.8, 4) is 11.1 Å². The fraction of sp³-hybridized carbons (Fsp3) is 0. The fourth-order valence-corrected chi connectivity index (χ4v) is 8.62. The van der Waals surface area contributed by atoms with Crippen LogP contribution in [0, 0.1) is 0 Å². The quantitative estimate of drug-likeness (QED) is 0.176. The molecule has 0 amide bonds. The number of anilines is 3. The lowest BCUT2D eigenvalue weighted by molar-refractivity contribution is 1.31. The highest BCUT2D eigenvalue weighted by molar-refractivity contribution is 7.25. The van der Waals surface area contributed by atoms with Crippen molar-refractivity contribution < 1.29 is 0 Å². The Morgan fingerprint density at radius 3 is 1.81 bits per heavy atom. The molecule has 2 heteroatoms. The number of fused-ring (bicyclic) bond motifs is 9. The molecule has 0 aliphatic heterocycles. The lowest BCUT2D eigenvalue weighted by Gasteiger charge is -2.28. The fourth-order valence-electron chi connectivity index (χ4n) is 7.51. The highest BCUT2D eigenvalue weighted by Gasteiger charge is 2.20. The Bertz CT molecular complexity index is 2830. The summed E-state index contributed by atoms with van der Waals surface area (Å²) < 4.78 is 2.62. The molecule has 10 aromatic rings. The SMILES string of the molecule is c1ccc(-c2cccc(N(c3ccc4sc5cc6ccccc6cc5c4c3)c3cc4ccccc4c4c3ccc3ccccc34)c2)cc1. The Kier molecular flexibility index (Phi) is 6.12. The Hall–Kier alpha value is -5.96. The molecule has 0 spiro atoms. The molecule has 0 saturated carbocycles. The number of hydrogen-bond acceptors (Lipinski definition) is 2. The Morgan fingerprint density at radius 2 is 0.979 bits per heavy atom. The molecule has 0 bridgehead atoms. The molecule has 0 aliphatic rings. The molecular weight excluding hydrogens is 599 g/mol. The van der Waals surface area contributed by atoms with Crippen LogP contribution in [0.4, 0.5) is 17.1 Å². The average Bonchev–Trinajstić information content (AvgIpc) is 3.51. The zero-order chi connectivity index (χ0) is 31.6. The summed E-state index contributed by atoms with van der Waals surface area (Å²) in [6.07, 6.45) is 0. The first-order chi connectivity index (χ1) is 23.8. The second-order valence-electron chi connectivity index (χ2n) is 12.6. The van der Waals surface area contributed by atoms with Crippen LogP contribution in [0.3, 0.4) is 0 Å². The van der Waals surface area contributed by atoms with Gasteiger partial charge in [-0.2, -0.15) is 0 Å². The normalized spacial score (nSPS) is 11.8. The molecule has 1 heterocycles. The number of rotatable bonds is 4. The topological polar surface area (TPSA) is 3.24 Å². The highest BCUT2D eigenvalue weighted by atomic mass is 32.1. The second-order valence-corrected chi connectivity index (χ2v) is 13.6. The van der Waals surface area contributed by atoms with Crippen molar-refractivity contribution in [3.05, 3.63) is 176 Å². The van der Waals surface area contributed by atoms with Gasteiger partial charge in [-0.1, -0.05) is 127 Å². The van der Waals surface area contributed by atoms with Crippen molar-refractivity contribution in [1.29, 1.82) is 0 Å². The number of thiophene rings is 1. The van der Waals surface area contributed by atoms with Crippen LogP contribution in [0.1, 0.15) is 0 Å². The predicted octanol–water partition coefficient (Wildman–Crippen LogP) is 13.8. The largest absolute Gasteiger partial charge is 0.310 e. The van der Waals surface area contributed by atoms with Crippen LogP contribution in [0.25, 0.3) is 74.4 Å². The van der Waals surface area contributed by atoms with Gasteiger partial charge in [0.25, 0.3) is 0 Å². The first kappa shape index (κ1) is 27.2. The van der Waals surface area contributed by atoms with E-state index >= 15 is 0 Å². The van der Waals surface area contributed by atoms with Crippen LogP contribution in [-0.2, 0) is 0 Å². The molecule has 224 valence electrons. The Morgan fingerprint density at radius 1 is 0.333 bits per heavy atom. The summed E-state index contributed by atoms with van der Waals surface area (Å²) in [5, 5.41) is 12.7. The Labute approximate surface area is 282 Å². The van der Waals surface area contributed by atoms with Crippen molar-refractivity contribution in [2.45, 2.75) is 0 Å². The van der Waals surface area contributed by atoms with Gasteiger partial charge in [0.2, 0.25) is 0 Å². The maximum atomic E-state index is 2.47. The molecule has 1 aromatic heterocycles. The van der Waals surface area contributed by atoms with E-state index in [2.05, 4.69) is 181 Å². The van der Waals surface area contributed by atoms with Crippen LogP contribution in [0.5, 0.6) is 0 Å². The first-order valence-electron chi connectivity index (χ1n) is 16.4. The van der Waals surface area contributed by atoms with E-state index in [1.165, 1.54) is 80.1 Å². The third kappa shape index (κ3) is 4.31. The molecule has 48 heavy (non-hydrogen) atoms. The van der Waals surface area contributed by atoms with Crippen molar-refractivity contribution in [1.82, 2.24) is 0 Å². The average molecular weight is 628 g/mol. The molecule has 0 atom stereocenters. The smallest absolute Gasteiger partial charge is 0.0546 e. The molecule has 0 fully saturated rings. The van der Waals surface area contributed by atoms with Gasteiger partial charge in [-0.3, -0.25) is 0 Å². The molecule has 1 nitrogen and oxygen atoms in total. The minimum Gasteiger partial charge on any atom is -0.310 e. The molecule has 0 radical (unpaired) electrons. The third-order valence-corrected chi connectivity index (χ3v) is 10.9. The van der Waals surface area contributed by atoms with Crippen molar-refractivity contribution >= 4 is 91.7 Å². The van der Waals surface area contributed by atoms with E-state index in [0.29, 0.717) is 0 Å². The van der Waals surface area contributed by atoms with Gasteiger partial charge < -0.3 is 4.90 Å². The van der Waals surface area contributed by atoms with Gasteiger partial charge in [0.1, 0.15) is 0 Å². The van der Waals surface area contributed by atoms with Gasteiger partial charge in [0.05, 0.1) is 5.69 Å². The molecule has 9 aromatic carbocycles. The van der Waals surface area contributed by atoms with Crippen molar-refractivity contribution in [2.24, 2.45) is 0 Å². The number of nitrogens with zero attached hydrogens (tertiary/aromatic N) is 1. The van der Waals surface area contributed by atoms with Gasteiger partial charge in [-0.25, -0.2) is 0 Å². The van der Waals surface area contributed by atoms with Crippen LogP contribution in [0.15, 0.2) is 176 Å². The van der Waals surface area contributed by atoms with E-state index in [1.807, 2.05) is 11.3 Å². The van der Waals surface area contributed by atoms with Gasteiger partial charge in [0.15, 0.2) is 0 Å². The summed E-state index contributed by atoms with van der Waals surface area (Å²) in [5.74, 6) is 0. The standard InChI is InChI=1S/C46H29NS/c1-2-11-30(12-3-1)32-17-10-18-36(25-32)47(37-22-24-44-42(29-37)41-26-33-14-4-5-15-34(33)28-45(41)48-44)43-27-35-16-7-9-20-39(35)46-38-19-8-6-13-31(38)21-23-40(43)46/h1-29H. The summed E-state index contributed by atoms with van der Waals surface area (Å²) in [4.78, 5) is 2.47. The summed E-state index contributed by atoms with van der Waals surface area (Å²) in [6, 6.07) is 64.6. The molecule has 0 unspecified atom stereocenters. The van der Waals surface area contributed by atoms with Gasteiger partial charge in [0, 0.05) is 36.9 Å². The Balaban J connectivity index is 1.29. The van der Waals surface area contributed by atoms with Gasteiger partial charge >= 0.3 is 0 Å². The third-order valence-electron chi connectivity index (χ3n) is 9.76. The van der Waals surface area contributed by atoms with Gasteiger partial charge in [-0.15, -0.1) is 11.3 Å². The zero-order valence-electron chi connectivity index (χ0n) is 26.1. The van der Waals surface area contributed by atoms with Crippen LogP contribution >= 0.6 is 11.3 Å². The van der Waals surface area contributed by atoms with Crippen molar-refractivity contribution in [2.75, 3.05) is 4.90 Å². The summed E-state index contributed by atoms with van der Waals surface area (Å²) in [7, 11) is 0. The van der Waals surface area contributed by atoms with E-state index in [1.54, 1.807) is 0 Å². The lowest BCUT2D eigenvalue weighted by atomic mass is 9.94. The maximum Gasteiger partial charge on any atom is 0.0546 e. The van der Waals surface area contributed by atoms with Crippen LogP contribution in [0.2, 0.25) is 0 Å². The summed E-state index contributed by atoms with van der Waals surface area (Å²) in [6.45, 7) is 0. The van der Waals surface area contributed by atoms with E-state index in [9.17, 15) is 0 Å². The lowest BCUT2D eigenvalue weighted by Crippen LogP contribution is -2.11. The van der Waals surface area contributed by atoms with Crippen LogP contribution in [-0.4, -0.2) is 0 Å². The van der Waals surface area contributed by atoms with E-state index in [4.69, 9.17) is 0 Å². The van der Waals surface area contributed by atoms with Crippen LogP contribution < -0.4 is 4.90 Å².